The van der Waals surface area contributed by atoms with Gasteiger partial charge in [-0.1, -0.05) is 19.1 Å². The summed E-state index contributed by atoms with van der Waals surface area (Å²) in [7, 11) is 4.98. The second-order valence-electron chi connectivity index (χ2n) is 6.94. The smallest absolute Gasteiger partial charge is 0.251 e. The highest BCUT2D eigenvalue weighted by Crippen LogP contribution is 2.24. The highest BCUT2D eigenvalue weighted by Gasteiger charge is 2.10. The number of carbonyl (C=O) groups excluding carboxylic acids is 1. The van der Waals surface area contributed by atoms with Crippen molar-refractivity contribution in [3.8, 4) is 11.5 Å². The normalized spacial score (nSPS) is 11.7. The average molecular weight is 540 g/mol. The third-order valence-electron chi connectivity index (χ3n) is 4.80. The highest BCUT2D eigenvalue weighted by molar-refractivity contribution is 14.0. The van der Waals surface area contributed by atoms with E-state index in [0.29, 0.717) is 24.6 Å². The zero-order valence-corrected chi connectivity index (χ0v) is 21.2. The van der Waals surface area contributed by atoms with Gasteiger partial charge in [-0.25, -0.2) is 0 Å². The topological polar surface area (TPSA) is 84.0 Å². The Balaban J connectivity index is 0.00000480. The molecule has 1 atom stereocenters. The van der Waals surface area contributed by atoms with Gasteiger partial charge in [-0.2, -0.15) is 0 Å². The maximum atomic E-state index is 12.3. The zero-order chi connectivity index (χ0) is 21.9. The lowest BCUT2D eigenvalue weighted by molar-refractivity contribution is 0.0939. The molecule has 0 saturated carbocycles. The van der Waals surface area contributed by atoms with Gasteiger partial charge in [-0.15, -0.1) is 24.0 Å². The van der Waals surface area contributed by atoms with Crippen molar-refractivity contribution in [2.75, 3.05) is 21.3 Å². The summed E-state index contributed by atoms with van der Waals surface area (Å²) in [4.78, 5) is 16.6. The van der Waals surface area contributed by atoms with E-state index in [4.69, 9.17) is 9.47 Å². The summed E-state index contributed by atoms with van der Waals surface area (Å²) in [5.74, 6) is 2.09. The van der Waals surface area contributed by atoms with Gasteiger partial charge in [-0.3, -0.25) is 9.79 Å². The SMILES string of the molecule is CCC(C)NC(=O)c1cccc(CNC(=NC)NCc2ccc(OC)cc2OC)c1.I. The van der Waals surface area contributed by atoms with E-state index in [2.05, 4.69) is 20.9 Å². The van der Waals surface area contributed by atoms with E-state index in [1.165, 1.54) is 0 Å². The molecule has 0 bridgehead atoms. The van der Waals surface area contributed by atoms with E-state index in [-0.39, 0.29) is 35.9 Å². The Morgan fingerprint density at radius 3 is 2.45 bits per heavy atom. The highest BCUT2D eigenvalue weighted by atomic mass is 127. The van der Waals surface area contributed by atoms with Gasteiger partial charge < -0.3 is 25.4 Å². The Hall–Kier alpha value is -2.49. The maximum absolute atomic E-state index is 12.3. The first-order valence-electron chi connectivity index (χ1n) is 10.1. The van der Waals surface area contributed by atoms with Gasteiger partial charge >= 0.3 is 0 Å². The number of aliphatic imine (C=N–C) groups is 1. The molecule has 0 saturated heterocycles. The van der Waals surface area contributed by atoms with Crippen LogP contribution in [-0.4, -0.2) is 39.2 Å². The summed E-state index contributed by atoms with van der Waals surface area (Å²) < 4.78 is 10.7. The summed E-state index contributed by atoms with van der Waals surface area (Å²) in [5, 5.41) is 9.54. The minimum atomic E-state index is -0.0553. The molecule has 0 spiro atoms. The molecule has 7 nitrogen and oxygen atoms in total. The van der Waals surface area contributed by atoms with Crippen LogP contribution in [0, 0.1) is 0 Å². The van der Waals surface area contributed by atoms with Crippen molar-refractivity contribution in [3.05, 3.63) is 59.2 Å². The molecule has 31 heavy (non-hydrogen) atoms. The van der Waals surface area contributed by atoms with E-state index in [9.17, 15) is 4.79 Å². The molecule has 0 aromatic heterocycles. The van der Waals surface area contributed by atoms with Crippen LogP contribution in [0.25, 0.3) is 0 Å². The number of carbonyl (C=O) groups is 1. The first-order valence-corrected chi connectivity index (χ1v) is 10.1. The van der Waals surface area contributed by atoms with Crippen LogP contribution < -0.4 is 25.4 Å². The number of hydrogen-bond donors (Lipinski definition) is 3. The first-order chi connectivity index (χ1) is 14.5. The molecule has 1 unspecified atom stereocenters. The molecule has 2 aromatic carbocycles. The summed E-state index contributed by atoms with van der Waals surface area (Å²) in [6.45, 7) is 5.14. The van der Waals surface area contributed by atoms with Crippen molar-refractivity contribution >= 4 is 35.8 Å². The molecule has 170 valence electrons. The lowest BCUT2D eigenvalue weighted by atomic mass is 10.1. The van der Waals surface area contributed by atoms with Gasteiger partial charge in [0.2, 0.25) is 0 Å². The van der Waals surface area contributed by atoms with E-state index >= 15 is 0 Å². The van der Waals surface area contributed by atoms with Crippen molar-refractivity contribution in [1.82, 2.24) is 16.0 Å². The molecule has 8 heteroatoms. The Morgan fingerprint density at radius 1 is 1.06 bits per heavy atom. The molecule has 2 aromatic rings. The number of nitrogens with zero attached hydrogens (tertiary/aromatic N) is 1. The minimum absolute atomic E-state index is 0. The number of halogens is 1. The van der Waals surface area contributed by atoms with E-state index in [0.717, 1.165) is 29.0 Å². The van der Waals surface area contributed by atoms with Crippen LogP contribution >= 0.6 is 24.0 Å². The zero-order valence-electron chi connectivity index (χ0n) is 18.8. The fourth-order valence-electron chi connectivity index (χ4n) is 2.81. The molecule has 0 fully saturated rings. The van der Waals surface area contributed by atoms with Crippen LogP contribution in [0.1, 0.15) is 41.8 Å². The first kappa shape index (κ1) is 26.5. The molecular formula is C23H33IN4O3. The van der Waals surface area contributed by atoms with Gasteiger partial charge in [0, 0.05) is 43.4 Å². The number of guanidine groups is 1. The Morgan fingerprint density at radius 2 is 1.81 bits per heavy atom. The molecule has 0 aliphatic heterocycles. The molecule has 1 amide bonds. The summed E-state index contributed by atoms with van der Waals surface area (Å²) in [6.07, 6.45) is 0.897. The number of nitrogens with one attached hydrogen (secondary N) is 3. The van der Waals surface area contributed by atoms with Gasteiger partial charge in [-0.05, 0) is 43.2 Å². The van der Waals surface area contributed by atoms with Crippen LogP contribution in [0.5, 0.6) is 11.5 Å². The van der Waals surface area contributed by atoms with Crippen LogP contribution in [0.2, 0.25) is 0 Å². The number of amides is 1. The summed E-state index contributed by atoms with van der Waals surface area (Å²) >= 11 is 0. The van der Waals surface area contributed by atoms with Crippen molar-refractivity contribution in [2.45, 2.75) is 39.4 Å². The van der Waals surface area contributed by atoms with E-state index in [1.54, 1.807) is 21.3 Å². The Kier molecular flexibility index (Phi) is 11.8. The molecule has 0 aliphatic carbocycles. The second-order valence-corrected chi connectivity index (χ2v) is 6.94. The Bertz CT molecular complexity index is 874. The number of benzene rings is 2. The van der Waals surface area contributed by atoms with Gasteiger partial charge in [0.15, 0.2) is 5.96 Å². The third-order valence-corrected chi connectivity index (χ3v) is 4.80. The maximum Gasteiger partial charge on any atom is 0.251 e. The van der Waals surface area contributed by atoms with Gasteiger partial charge in [0.1, 0.15) is 11.5 Å². The predicted octanol–water partition coefficient (Wildman–Crippen LogP) is 3.72. The van der Waals surface area contributed by atoms with Crippen molar-refractivity contribution < 1.29 is 14.3 Å². The van der Waals surface area contributed by atoms with Gasteiger partial charge in [0.25, 0.3) is 5.91 Å². The quantitative estimate of drug-likeness (QED) is 0.257. The number of methoxy groups -OCH3 is 2. The van der Waals surface area contributed by atoms with E-state index < -0.39 is 0 Å². The van der Waals surface area contributed by atoms with Crippen molar-refractivity contribution in [3.63, 3.8) is 0 Å². The average Bonchev–Trinajstić information content (AvgIpc) is 2.79. The van der Waals surface area contributed by atoms with Crippen molar-refractivity contribution in [1.29, 1.82) is 0 Å². The monoisotopic (exact) mass is 540 g/mol. The van der Waals surface area contributed by atoms with Crippen molar-refractivity contribution in [2.24, 2.45) is 4.99 Å². The van der Waals surface area contributed by atoms with Crippen LogP contribution in [-0.2, 0) is 13.1 Å². The number of rotatable bonds is 9. The molecule has 2 rings (SSSR count). The lowest BCUT2D eigenvalue weighted by Gasteiger charge is -2.15. The standard InChI is InChI=1S/C23H32N4O3.HI/c1-6-16(2)27-22(28)18-9-7-8-17(12-18)14-25-23(24-3)26-15-19-10-11-20(29-4)13-21(19)30-5;/h7-13,16H,6,14-15H2,1-5H3,(H,27,28)(H2,24,25,26);1H. The summed E-state index contributed by atoms with van der Waals surface area (Å²) in [6, 6.07) is 13.4. The van der Waals surface area contributed by atoms with Crippen LogP contribution in [0.4, 0.5) is 0 Å². The molecule has 3 N–H and O–H groups in total. The predicted molar refractivity (Wildman–Crippen MR) is 136 cm³/mol. The van der Waals surface area contributed by atoms with Crippen LogP contribution in [0.3, 0.4) is 0 Å². The van der Waals surface area contributed by atoms with E-state index in [1.807, 2.05) is 56.3 Å². The molecule has 0 aliphatic rings. The lowest BCUT2D eigenvalue weighted by Crippen LogP contribution is -2.36. The molecule has 0 heterocycles. The summed E-state index contributed by atoms with van der Waals surface area (Å²) in [5.41, 5.74) is 2.64. The number of ether oxygens (including phenoxy) is 2. The second kappa shape index (κ2) is 13.7. The Labute approximate surface area is 202 Å². The third kappa shape index (κ3) is 8.28. The molecule has 0 radical (unpaired) electrons. The minimum Gasteiger partial charge on any atom is -0.497 e. The largest absolute Gasteiger partial charge is 0.497 e. The van der Waals surface area contributed by atoms with Gasteiger partial charge in [0.05, 0.1) is 14.2 Å². The fraction of sp³-hybridized carbons (Fsp3) is 0.391. The van der Waals surface area contributed by atoms with Crippen LogP contribution in [0.15, 0.2) is 47.5 Å². The fourth-order valence-corrected chi connectivity index (χ4v) is 2.81. The number of hydrogen-bond acceptors (Lipinski definition) is 4. The molecular weight excluding hydrogens is 507 g/mol.